The number of rotatable bonds is 8. The van der Waals surface area contributed by atoms with E-state index in [4.69, 9.17) is 13.9 Å². The molecule has 1 aliphatic heterocycles. The molecule has 3 aromatic heterocycles. The average Bonchev–Trinajstić information content (AvgIpc) is 3.51. The molecular weight excluding hydrogens is 426 g/mol. The number of hydrogen-bond acceptors (Lipinski definition) is 7. The summed E-state index contributed by atoms with van der Waals surface area (Å²) in [5.41, 5.74) is 1.38. The van der Waals surface area contributed by atoms with Gasteiger partial charge in [0.1, 0.15) is 24.1 Å². The Morgan fingerprint density at radius 1 is 1.21 bits per heavy atom. The van der Waals surface area contributed by atoms with Crippen LogP contribution in [0.5, 0.6) is 5.75 Å². The summed E-state index contributed by atoms with van der Waals surface area (Å²) in [6, 6.07) is 6.13. The zero-order valence-corrected chi connectivity index (χ0v) is 18.6. The molecular formula is C23H27N5O5. The molecule has 3 aromatic rings. The van der Waals surface area contributed by atoms with Crippen molar-refractivity contribution in [3.8, 4) is 17.2 Å². The number of pyridine rings is 1. The predicted molar refractivity (Wildman–Crippen MR) is 118 cm³/mol. The van der Waals surface area contributed by atoms with Crippen LogP contribution in [0.15, 0.2) is 47.4 Å². The Morgan fingerprint density at radius 3 is 2.70 bits per heavy atom. The van der Waals surface area contributed by atoms with Gasteiger partial charge in [-0.2, -0.15) is 0 Å². The third-order valence-electron chi connectivity index (χ3n) is 5.52. The van der Waals surface area contributed by atoms with Crippen molar-refractivity contribution in [3.05, 3.63) is 54.4 Å². The minimum atomic E-state index is -0.645. The van der Waals surface area contributed by atoms with Crippen LogP contribution in [0.2, 0.25) is 0 Å². The van der Waals surface area contributed by atoms with E-state index in [2.05, 4.69) is 20.6 Å². The van der Waals surface area contributed by atoms with Gasteiger partial charge in [-0.05, 0) is 43.0 Å². The number of hydrogen-bond donors (Lipinski definition) is 2. The summed E-state index contributed by atoms with van der Waals surface area (Å²) >= 11 is 0. The van der Waals surface area contributed by atoms with Crippen LogP contribution < -0.4 is 15.4 Å². The Balaban J connectivity index is 1.38. The summed E-state index contributed by atoms with van der Waals surface area (Å²) in [6.45, 7) is 1.49. The van der Waals surface area contributed by atoms with Crippen LogP contribution in [-0.2, 0) is 23.2 Å². The molecule has 0 bridgehead atoms. The normalized spacial score (nSPS) is 15.1. The van der Waals surface area contributed by atoms with Gasteiger partial charge >= 0.3 is 0 Å². The number of likely N-dealkylation sites (N-methyl/N-ethyl adjacent to an activating group) is 1. The summed E-state index contributed by atoms with van der Waals surface area (Å²) in [7, 11) is 3.45. The molecule has 1 aliphatic rings. The Bertz CT molecular complexity index is 1080. The number of furan rings is 1. The summed E-state index contributed by atoms with van der Waals surface area (Å²) < 4.78 is 18.6. The number of amides is 2. The van der Waals surface area contributed by atoms with Crippen molar-refractivity contribution >= 4 is 11.8 Å². The highest BCUT2D eigenvalue weighted by Crippen LogP contribution is 2.24. The summed E-state index contributed by atoms with van der Waals surface area (Å²) in [5, 5.41) is 5.44. The fraction of sp³-hybridized carbons (Fsp3) is 0.391. The molecule has 10 nitrogen and oxygen atoms in total. The van der Waals surface area contributed by atoms with Crippen molar-refractivity contribution in [1.29, 1.82) is 0 Å². The topological polar surface area (TPSA) is 121 Å². The van der Waals surface area contributed by atoms with Crippen molar-refractivity contribution in [2.24, 2.45) is 13.0 Å². The summed E-state index contributed by atoms with van der Waals surface area (Å²) in [4.78, 5) is 33.7. The molecule has 10 heteroatoms. The molecule has 2 N–H and O–H groups in total. The highest BCUT2D eigenvalue weighted by molar-refractivity contribution is 5.96. The molecule has 0 saturated carbocycles. The Labute approximate surface area is 191 Å². The second-order valence-corrected chi connectivity index (χ2v) is 7.88. The maximum absolute atomic E-state index is 12.8. The van der Waals surface area contributed by atoms with Crippen molar-refractivity contribution in [1.82, 2.24) is 25.2 Å². The van der Waals surface area contributed by atoms with Gasteiger partial charge in [-0.1, -0.05) is 0 Å². The second-order valence-electron chi connectivity index (χ2n) is 7.88. The lowest BCUT2D eigenvalue weighted by atomic mass is 9.91. The molecule has 4 rings (SSSR count). The molecule has 0 aromatic carbocycles. The molecule has 0 radical (unpaired) electrons. The van der Waals surface area contributed by atoms with Crippen LogP contribution in [0.25, 0.3) is 11.5 Å². The van der Waals surface area contributed by atoms with Crippen LogP contribution in [0.4, 0.5) is 0 Å². The van der Waals surface area contributed by atoms with Gasteiger partial charge < -0.3 is 29.1 Å². The number of aryl methyl sites for hydroxylation is 1. The molecule has 1 atom stereocenters. The molecule has 1 fully saturated rings. The van der Waals surface area contributed by atoms with Gasteiger partial charge in [-0.25, -0.2) is 9.97 Å². The largest absolute Gasteiger partial charge is 0.486 e. The van der Waals surface area contributed by atoms with Gasteiger partial charge in [0.25, 0.3) is 5.91 Å². The first-order valence-corrected chi connectivity index (χ1v) is 10.8. The number of nitrogens with zero attached hydrogens (tertiary/aromatic N) is 3. The standard InChI is InChI=1S/C23H27N5O5/c1-24-23(30)21(15-7-9-31-10-8-15)27-22(29)20-6-5-19(33-20)18-4-3-17(11-25-18)32-13-16-12-28(2)14-26-16/h3-6,11-12,14-15,21H,7-10,13H2,1-2H3,(H,24,30)(H,27,29)/t21-/m0/s1. The first kappa shape index (κ1) is 22.5. The SMILES string of the molecule is CNC(=O)[C@@H](NC(=O)c1ccc(-c2ccc(OCc3cn(C)cn3)cn2)o1)C1CCOCC1. The van der Waals surface area contributed by atoms with E-state index >= 15 is 0 Å². The Kier molecular flexibility index (Phi) is 7.04. The predicted octanol–water partition coefficient (Wildman–Crippen LogP) is 1.93. The zero-order valence-electron chi connectivity index (χ0n) is 18.6. The van der Waals surface area contributed by atoms with Gasteiger partial charge in [0.05, 0.1) is 18.2 Å². The maximum Gasteiger partial charge on any atom is 0.287 e. The van der Waals surface area contributed by atoms with Crippen molar-refractivity contribution in [2.45, 2.75) is 25.5 Å². The number of carbonyl (C=O) groups excluding carboxylic acids is 2. The van der Waals surface area contributed by atoms with E-state index < -0.39 is 11.9 Å². The van der Waals surface area contributed by atoms with E-state index in [0.717, 1.165) is 5.69 Å². The fourth-order valence-corrected chi connectivity index (χ4v) is 3.72. The number of aromatic nitrogens is 3. The van der Waals surface area contributed by atoms with Crippen molar-refractivity contribution in [2.75, 3.05) is 20.3 Å². The molecule has 2 amide bonds. The van der Waals surface area contributed by atoms with E-state index in [1.165, 1.54) is 0 Å². The zero-order chi connectivity index (χ0) is 23.2. The fourth-order valence-electron chi connectivity index (χ4n) is 3.72. The number of ether oxygens (including phenoxy) is 2. The maximum atomic E-state index is 12.8. The lowest BCUT2D eigenvalue weighted by molar-refractivity contribution is -0.124. The van der Waals surface area contributed by atoms with Crippen molar-refractivity contribution < 1.29 is 23.5 Å². The third-order valence-corrected chi connectivity index (χ3v) is 5.52. The minimum absolute atomic E-state index is 0.0115. The Morgan fingerprint density at radius 2 is 2.03 bits per heavy atom. The van der Waals surface area contributed by atoms with Crippen LogP contribution in [-0.4, -0.2) is 52.7 Å². The summed E-state index contributed by atoms with van der Waals surface area (Å²) in [5.74, 6) is 0.486. The monoisotopic (exact) mass is 453 g/mol. The third kappa shape index (κ3) is 5.58. The number of nitrogens with one attached hydrogen (secondary N) is 2. The van der Waals surface area contributed by atoms with E-state index in [9.17, 15) is 9.59 Å². The van der Waals surface area contributed by atoms with Crippen LogP contribution in [0, 0.1) is 5.92 Å². The molecule has 0 unspecified atom stereocenters. The first-order valence-electron chi connectivity index (χ1n) is 10.8. The lowest BCUT2D eigenvalue weighted by Gasteiger charge is -2.29. The van der Waals surface area contributed by atoms with Gasteiger partial charge in [-0.3, -0.25) is 9.59 Å². The highest BCUT2D eigenvalue weighted by Gasteiger charge is 2.31. The first-order chi connectivity index (χ1) is 16.0. The van der Waals surface area contributed by atoms with Gasteiger partial charge in [0.15, 0.2) is 11.5 Å². The molecule has 33 heavy (non-hydrogen) atoms. The van der Waals surface area contributed by atoms with E-state index in [1.807, 2.05) is 17.8 Å². The van der Waals surface area contributed by atoms with Gasteiger partial charge in [0.2, 0.25) is 5.91 Å². The smallest absolute Gasteiger partial charge is 0.287 e. The van der Waals surface area contributed by atoms with Crippen LogP contribution in [0.3, 0.4) is 0 Å². The second kappa shape index (κ2) is 10.3. The van der Waals surface area contributed by atoms with Crippen LogP contribution in [0.1, 0.15) is 29.1 Å². The van der Waals surface area contributed by atoms with Gasteiger partial charge in [-0.15, -0.1) is 0 Å². The van der Waals surface area contributed by atoms with Crippen LogP contribution >= 0.6 is 0 Å². The average molecular weight is 453 g/mol. The molecule has 4 heterocycles. The molecule has 1 saturated heterocycles. The lowest BCUT2D eigenvalue weighted by Crippen LogP contribution is -2.51. The van der Waals surface area contributed by atoms with Gasteiger partial charge in [0, 0.05) is 33.5 Å². The Hall–Kier alpha value is -3.66. The van der Waals surface area contributed by atoms with Crippen molar-refractivity contribution in [3.63, 3.8) is 0 Å². The van der Waals surface area contributed by atoms with E-state index in [1.54, 1.807) is 43.8 Å². The highest BCUT2D eigenvalue weighted by atomic mass is 16.5. The molecule has 0 spiro atoms. The number of carbonyl (C=O) groups is 2. The number of imidazole rings is 1. The van der Waals surface area contributed by atoms with E-state index in [-0.39, 0.29) is 17.6 Å². The molecule has 0 aliphatic carbocycles. The van der Waals surface area contributed by atoms with E-state index in [0.29, 0.717) is 49.9 Å². The summed E-state index contributed by atoms with van der Waals surface area (Å²) in [6.07, 6.45) is 6.60. The molecule has 174 valence electrons. The minimum Gasteiger partial charge on any atom is -0.486 e. The quantitative estimate of drug-likeness (QED) is 0.535.